The van der Waals surface area contributed by atoms with Crippen molar-refractivity contribution in [1.82, 2.24) is 19.5 Å². The molecular formula is C24H23FN4O2S2. The molecule has 0 aliphatic rings. The SMILES string of the molecule is Cc1ccc(-n2c(SCc3ccc(F)cc3)nnc2C(C)NS(=O)(=O)c2ccccc2)cc1. The Morgan fingerprint density at radius 3 is 2.30 bits per heavy atom. The maximum absolute atomic E-state index is 13.2. The van der Waals surface area contributed by atoms with E-state index in [0.717, 1.165) is 16.8 Å². The van der Waals surface area contributed by atoms with Gasteiger partial charge in [-0.3, -0.25) is 4.57 Å². The molecule has 3 aromatic carbocycles. The van der Waals surface area contributed by atoms with Crippen LogP contribution in [0.15, 0.2) is 88.9 Å². The van der Waals surface area contributed by atoms with Crippen LogP contribution in [0.5, 0.6) is 0 Å². The smallest absolute Gasteiger partial charge is 0.241 e. The lowest BCUT2D eigenvalue weighted by molar-refractivity contribution is 0.556. The Labute approximate surface area is 196 Å². The summed E-state index contributed by atoms with van der Waals surface area (Å²) in [4.78, 5) is 0.184. The summed E-state index contributed by atoms with van der Waals surface area (Å²) in [7, 11) is -3.74. The first-order valence-electron chi connectivity index (χ1n) is 10.3. The zero-order valence-corrected chi connectivity index (χ0v) is 19.8. The van der Waals surface area contributed by atoms with Crippen LogP contribution in [0.2, 0.25) is 0 Å². The van der Waals surface area contributed by atoms with E-state index in [2.05, 4.69) is 14.9 Å². The van der Waals surface area contributed by atoms with Crippen molar-refractivity contribution in [3.05, 3.63) is 102 Å². The number of benzene rings is 3. The van der Waals surface area contributed by atoms with Crippen molar-refractivity contribution in [3.8, 4) is 5.69 Å². The first kappa shape index (κ1) is 23.2. The number of hydrogen-bond donors (Lipinski definition) is 1. The van der Waals surface area contributed by atoms with Crippen molar-refractivity contribution >= 4 is 21.8 Å². The van der Waals surface area contributed by atoms with Crippen molar-refractivity contribution in [2.24, 2.45) is 0 Å². The zero-order chi connectivity index (χ0) is 23.4. The third-order valence-electron chi connectivity index (χ3n) is 5.00. The van der Waals surface area contributed by atoms with E-state index in [1.54, 1.807) is 49.4 Å². The number of sulfonamides is 1. The van der Waals surface area contributed by atoms with Gasteiger partial charge in [-0.1, -0.05) is 59.8 Å². The van der Waals surface area contributed by atoms with E-state index in [9.17, 15) is 12.8 Å². The summed E-state index contributed by atoms with van der Waals surface area (Å²) in [6.45, 7) is 3.74. The van der Waals surface area contributed by atoms with Gasteiger partial charge >= 0.3 is 0 Å². The van der Waals surface area contributed by atoms with Crippen molar-refractivity contribution < 1.29 is 12.8 Å². The van der Waals surface area contributed by atoms with Gasteiger partial charge in [-0.2, -0.15) is 0 Å². The van der Waals surface area contributed by atoms with Crippen LogP contribution in [-0.2, 0) is 15.8 Å². The van der Waals surface area contributed by atoms with Gasteiger partial charge in [0.1, 0.15) is 5.82 Å². The quantitative estimate of drug-likeness (QED) is 0.356. The normalized spacial score (nSPS) is 12.6. The number of aromatic nitrogens is 3. The molecule has 0 spiro atoms. The van der Waals surface area contributed by atoms with E-state index in [1.165, 1.54) is 23.9 Å². The second kappa shape index (κ2) is 9.86. The lowest BCUT2D eigenvalue weighted by Gasteiger charge is -2.16. The minimum Gasteiger partial charge on any atom is -0.273 e. The molecule has 33 heavy (non-hydrogen) atoms. The highest BCUT2D eigenvalue weighted by Gasteiger charge is 2.24. The molecule has 9 heteroatoms. The van der Waals surface area contributed by atoms with Crippen molar-refractivity contribution in [2.75, 3.05) is 0 Å². The lowest BCUT2D eigenvalue weighted by atomic mass is 10.2. The predicted octanol–water partition coefficient (Wildman–Crippen LogP) is 5.05. The number of thioether (sulfide) groups is 1. The van der Waals surface area contributed by atoms with Crippen LogP contribution < -0.4 is 4.72 Å². The fraction of sp³-hybridized carbons (Fsp3) is 0.167. The van der Waals surface area contributed by atoms with Crippen LogP contribution in [-0.4, -0.2) is 23.2 Å². The molecule has 0 radical (unpaired) electrons. The highest BCUT2D eigenvalue weighted by Crippen LogP contribution is 2.28. The third-order valence-corrected chi connectivity index (χ3v) is 7.56. The van der Waals surface area contributed by atoms with Gasteiger partial charge in [0, 0.05) is 11.4 Å². The molecule has 0 amide bonds. The Balaban J connectivity index is 1.65. The van der Waals surface area contributed by atoms with Crippen molar-refractivity contribution in [1.29, 1.82) is 0 Å². The van der Waals surface area contributed by atoms with Crippen LogP contribution in [0.4, 0.5) is 4.39 Å². The molecular weight excluding hydrogens is 459 g/mol. The first-order valence-corrected chi connectivity index (χ1v) is 12.8. The standard InChI is InChI=1S/C24H23FN4O2S2/c1-17-8-14-21(15-9-17)29-23(18(2)28-33(30,31)22-6-4-3-5-7-22)26-27-24(29)32-16-19-10-12-20(25)13-11-19/h3-15,18,28H,16H2,1-2H3. The Kier molecular flexibility index (Phi) is 6.92. The summed E-state index contributed by atoms with van der Waals surface area (Å²) in [6, 6.07) is 21.7. The molecule has 6 nitrogen and oxygen atoms in total. The van der Waals surface area contributed by atoms with E-state index < -0.39 is 16.1 Å². The summed E-state index contributed by atoms with van der Waals surface area (Å²) in [5.41, 5.74) is 2.87. The third kappa shape index (κ3) is 5.50. The summed E-state index contributed by atoms with van der Waals surface area (Å²) in [5, 5.41) is 9.28. The minimum absolute atomic E-state index is 0.184. The average Bonchev–Trinajstić information content (AvgIpc) is 3.24. The molecule has 0 bridgehead atoms. The van der Waals surface area contributed by atoms with Crippen LogP contribution in [0.1, 0.15) is 29.9 Å². The summed E-state index contributed by atoms with van der Waals surface area (Å²) in [6.07, 6.45) is 0. The van der Waals surface area contributed by atoms with Gasteiger partial charge in [-0.15, -0.1) is 10.2 Å². The summed E-state index contributed by atoms with van der Waals surface area (Å²) in [5.74, 6) is 0.752. The number of halogens is 1. The molecule has 1 heterocycles. The monoisotopic (exact) mass is 482 g/mol. The lowest BCUT2D eigenvalue weighted by Crippen LogP contribution is -2.28. The van der Waals surface area contributed by atoms with Crippen LogP contribution in [0.25, 0.3) is 5.69 Å². The summed E-state index contributed by atoms with van der Waals surface area (Å²) >= 11 is 1.45. The Hall–Kier alpha value is -3.01. The van der Waals surface area contributed by atoms with Gasteiger partial charge in [0.25, 0.3) is 0 Å². The van der Waals surface area contributed by atoms with Gasteiger partial charge in [-0.05, 0) is 55.8 Å². The minimum atomic E-state index is -3.74. The molecule has 0 aliphatic carbocycles. The average molecular weight is 483 g/mol. The van der Waals surface area contributed by atoms with Crippen LogP contribution in [0, 0.1) is 12.7 Å². The van der Waals surface area contributed by atoms with Crippen LogP contribution >= 0.6 is 11.8 Å². The number of hydrogen-bond acceptors (Lipinski definition) is 5. The van der Waals surface area contributed by atoms with Crippen molar-refractivity contribution in [3.63, 3.8) is 0 Å². The van der Waals surface area contributed by atoms with E-state index in [-0.39, 0.29) is 10.7 Å². The van der Waals surface area contributed by atoms with Gasteiger partial charge in [0.05, 0.1) is 10.9 Å². The van der Waals surface area contributed by atoms with Gasteiger partial charge in [0.2, 0.25) is 10.0 Å². The largest absolute Gasteiger partial charge is 0.273 e. The van der Waals surface area contributed by atoms with Gasteiger partial charge in [-0.25, -0.2) is 17.5 Å². The summed E-state index contributed by atoms with van der Waals surface area (Å²) < 4.78 is 43.5. The number of nitrogens with zero attached hydrogens (tertiary/aromatic N) is 3. The second-order valence-electron chi connectivity index (χ2n) is 7.58. The number of rotatable bonds is 8. The molecule has 170 valence electrons. The first-order chi connectivity index (χ1) is 15.8. The Morgan fingerprint density at radius 2 is 1.64 bits per heavy atom. The topological polar surface area (TPSA) is 76.9 Å². The van der Waals surface area contributed by atoms with Crippen molar-refractivity contribution in [2.45, 2.75) is 35.7 Å². The highest BCUT2D eigenvalue weighted by atomic mass is 32.2. The van der Waals surface area contributed by atoms with E-state index in [1.807, 2.05) is 35.8 Å². The van der Waals surface area contributed by atoms with Gasteiger partial charge < -0.3 is 0 Å². The second-order valence-corrected chi connectivity index (χ2v) is 10.2. The van der Waals surface area contributed by atoms with E-state index >= 15 is 0 Å². The fourth-order valence-electron chi connectivity index (χ4n) is 3.27. The number of nitrogens with one attached hydrogen (secondary N) is 1. The number of aryl methyl sites for hydroxylation is 1. The maximum atomic E-state index is 13.2. The molecule has 0 fully saturated rings. The molecule has 0 saturated carbocycles. The Bertz CT molecular complexity index is 1320. The molecule has 0 saturated heterocycles. The molecule has 1 unspecified atom stereocenters. The maximum Gasteiger partial charge on any atom is 0.241 e. The molecule has 1 N–H and O–H groups in total. The Morgan fingerprint density at radius 1 is 0.970 bits per heavy atom. The zero-order valence-electron chi connectivity index (χ0n) is 18.1. The van der Waals surface area contributed by atoms with E-state index in [0.29, 0.717) is 16.7 Å². The predicted molar refractivity (Wildman–Crippen MR) is 127 cm³/mol. The molecule has 4 aromatic rings. The van der Waals surface area contributed by atoms with Gasteiger partial charge in [0.15, 0.2) is 11.0 Å². The molecule has 4 rings (SSSR count). The fourth-order valence-corrected chi connectivity index (χ4v) is 5.41. The molecule has 0 aliphatic heterocycles. The molecule has 1 atom stereocenters. The van der Waals surface area contributed by atoms with Crippen LogP contribution in [0.3, 0.4) is 0 Å². The van der Waals surface area contributed by atoms with E-state index in [4.69, 9.17) is 0 Å². The highest BCUT2D eigenvalue weighted by molar-refractivity contribution is 7.98. The molecule has 1 aromatic heterocycles.